The lowest BCUT2D eigenvalue weighted by Crippen LogP contribution is -2.36. The van der Waals surface area contributed by atoms with Crippen LogP contribution >= 0.6 is 35.0 Å². The van der Waals surface area contributed by atoms with E-state index in [4.69, 9.17) is 27.9 Å². The first-order valence-corrected chi connectivity index (χ1v) is 12.7. The number of methoxy groups -OCH3 is 1. The molecule has 8 nitrogen and oxygen atoms in total. The normalized spacial score (nSPS) is 14.1. The number of imide groups is 1. The molecule has 1 fully saturated rings. The fraction of sp³-hybridized carbons (Fsp3) is 0.111. The molecule has 1 aliphatic heterocycles. The van der Waals surface area contributed by atoms with Gasteiger partial charge in [-0.1, -0.05) is 47.5 Å². The number of thioether (sulfide) groups is 1. The minimum absolute atomic E-state index is 0.0717. The van der Waals surface area contributed by atoms with Gasteiger partial charge in [-0.15, -0.1) is 0 Å². The van der Waals surface area contributed by atoms with Crippen LogP contribution in [0.4, 0.5) is 10.5 Å². The van der Waals surface area contributed by atoms with E-state index in [0.717, 1.165) is 22.2 Å². The third kappa shape index (κ3) is 6.74. The molecule has 3 amide bonds. The molecule has 11 heteroatoms. The summed E-state index contributed by atoms with van der Waals surface area (Å²) in [6, 6.07) is 18.6. The van der Waals surface area contributed by atoms with Crippen molar-refractivity contribution in [3.05, 3.63) is 98.4 Å². The number of halogens is 2. The van der Waals surface area contributed by atoms with Crippen molar-refractivity contribution in [2.75, 3.05) is 19.0 Å². The zero-order valence-electron chi connectivity index (χ0n) is 19.9. The second kappa shape index (κ2) is 12.2. The minimum Gasteiger partial charge on any atom is -0.489 e. The molecule has 3 aromatic carbocycles. The van der Waals surface area contributed by atoms with Gasteiger partial charge in [0, 0.05) is 10.7 Å². The topological polar surface area (TPSA) is 102 Å². The number of anilines is 1. The molecule has 4 rings (SSSR count). The number of hydrogen-bond acceptors (Lipinski definition) is 7. The van der Waals surface area contributed by atoms with Gasteiger partial charge in [0.1, 0.15) is 18.9 Å². The van der Waals surface area contributed by atoms with Gasteiger partial charge in [-0.05, 0) is 71.4 Å². The number of carbonyl (C=O) groups is 4. The fourth-order valence-electron chi connectivity index (χ4n) is 3.41. The first kappa shape index (κ1) is 27.3. The highest BCUT2D eigenvalue weighted by atomic mass is 35.5. The summed E-state index contributed by atoms with van der Waals surface area (Å²) in [5.41, 5.74) is 2.00. The Morgan fingerprint density at radius 3 is 2.39 bits per heavy atom. The second-order valence-corrected chi connectivity index (χ2v) is 9.82. The second-order valence-electron chi connectivity index (χ2n) is 7.99. The van der Waals surface area contributed by atoms with E-state index in [1.807, 2.05) is 12.1 Å². The van der Waals surface area contributed by atoms with E-state index in [-0.39, 0.29) is 21.2 Å². The Hall–Kier alpha value is -3.79. The zero-order chi connectivity index (χ0) is 27.2. The molecular weight excluding hydrogens is 551 g/mol. The van der Waals surface area contributed by atoms with Gasteiger partial charge < -0.3 is 14.8 Å². The summed E-state index contributed by atoms with van der Waals surface area (Å²) in [4.78, 5) is 50.6. The summed E-state index contributed by atoms with van der Waals surface area (Å²) in [6.45, 7) is -0.118. The maximum Gasteiger partial charge on any atom is 0.339 e. The zero-order valence-corrected chi connectivity index (χ0v) is 22.2. The Labute approximate surface area is 232 Å². The number of carbonyl (C=O) groups excluding carboxylic acids is 4. The highest BCUT2D eigenvalue weighted by Crippen LogP contribution is 2.32. The van der Waals surface area contributed by atoms with Crippen molar-refractivity contribution < 1.29 is 28.7 Å². The molecule has 0 saturated carbocycles. The van der Waals surface area contributed by atoms with E-state index in [1.54, 1.807) is 42.5 Å². The van der Waals surface area contributed by atoms with Gasteiger partial charge in [0.2, 0.25) is 5.91 Å². The van der Waals surface area contributed by atoms with Crippen LogP contribution in [0.3, 0.4) is 0 Å². The molecule has 0 unspecified atom stereocenters. The standard InChI is InChI=1S/C27H20Cl2N2O6S/c1-36-26(34)21-13-19(8-11-22(21)29)30-24(32)14-31-25(33)23(38-27(31)35)12-16-4-9-20(10-5-16)37-15-17-2-6-18(28)7-3-17/h2-13H,14-15H2,1H3,(H,30,32)/b23-12+. The number of hydrogen-bond donors (Lipinski definition) is 1. The van der Waals surface area contributed by atoms with Crippen LogP contribution in [0.5, 0.6) is 5.75 Å². The average molecular weight is 571 g/mol. The van der Waals surface area contributed by atoms with Crippen LogP contribution in [0.2, 0.25) is 10.0 Å². The van der Waals surface area contributed by atoms with Crippen molar-refractivity contribution in [2.45, 2.75) is 6.61 Å². The molecule has 1 saturated heterocycles. The van der Waals surface area contributed by atoms with Crippen LogP contribution in [0, 0.1) is 0 Å². The molecule has 0 aliphatic carbocycles. The predicted octanol–water partition coefficient (Wildman–Crippen LogP) is 6.03. The summed E-state index contributed by atoms with van der Waals surface area (Å²) in [5, 5.41) is 2.80. The van der Waals surface area contributed by atoms with E-state index >= 15 is 0 Å². The maximum atomic E-state index is 12.8. The van der Waals surface area contributed by atoms with E-state index < -0.39 is 29.6 Å². The van der Waals surface area contributed by atoms with Gasteiger partial charge in [-0.3, -0.25) is 19.3 Å². The molecule has 0 radical (unpaired) electrons. The number of nitrogens with zero attached hydrogens (tertiary/aromatic N) is 1. The summed E-state index contributed by atoms with van der Waals surface area (Å²) in [7, 11) is 1.21. The van der Waals surface area contributed by atoms with E-state index in [0.29, 0.717) is 22.9 Å². The number of benzene rings is 3. The molecule has 0 aromatic heterocycles. The SMILES string of the molecule is COC(=O)c1cc(NC(=O)CN2C(=O)S/C(=C/c3ccc(OCc4ccc(Cl)cc4)cc3)C2=O)ccc1Cl. The first-order chi connectivity index (χ1) is 18.2. The van der Waals surface area contributed by atoms with Crippen molar-refractivity contribution in [3.63, 3.8) is 0 Å². The lowest BCUT2D eigenvalue weighted by atomic mass is 10.2. The molecule has 38 heavy (non-hydrogen) atoms. The Kier molecular flexibility index (Phi) is 8.73. The van der Waals surface area contributed by atoms with Crippen LogP contribution < -0.4 is 10.1 Å². The van der Waals surface area contributed by atoms with Crippen LogP contribution in [0.1, 0.15) is 21.5 Å². The van der Waals surface area contributed by atoms with Crippen molar-refractivity contribution in [3.8, 4) is 5.75 Å². The van der Waals surface area contributed by atoms with Gasteiger partial charge >= 0.3 is 5.97 Å². The largest absolute Gasteiger partial charge is 0.489 e. The summed E-state index contributed by atoms with van der Waals surface area (Å²) in [6.07, 6.45) is 1.58. The number of rotatable bonds is 8. The third-order valence-electron chi connectivity index (χ3n) is 5.33. The maximum absolute atomic E-state index is 12.8. The van der Waals surface area contributed by atoms with Crippen molar-refractivity contribution in [1.29, 1.82) is 0 Å². The molecule has 194 valence electrons. The smallest absolute Gasteiger partial charge is 0.339 e. The number of nitrogens with one attached hydrogen (secondary N) is 1. The minimum atomic E-state index is -0.664. The molecular formula is C27H20Cl2N2O6S. The lowest BCUT2D eigenvalue weighted by Gasteiger charge is -2.13. The van der Waals surface area contributed by atoms with E-state index in [1.165, 1.54) is 25.3 Å². The molecule has 3 aromatic rings. The average Bonchev–Trinajstić information content (AvgIpc) is 3.17. The lowest BCUT2D eigenvalue weighted by molar-refractivity contribution is -0.127. The van der Waals surface area contributed by atoms with Crippen LogP contribution in [0.15, 0.2) is 71.6 Å². The van der Waals surface area contributed by atoms with Crippen molar-refractivity contribution in [2.24, 2.45) is 0 Å². The molecule has 1 heterocycles. The highest BCUT2D eigenvalue weighted by molar-refractivity contribution is 8.18. The molecule has 1 N–H and O–H groups in total. The van der Waals surface area contributed by atoms with Gasteiger partial charge in [0.05, 0.1) is 22.6 Å². The van der Waals surface area contributed by atoms with Gasteiger partial charge in [-0.2, -0.15) is 0 Å². The number of amides is 3. The fourth-order valence-corrected chi connectivity index (χ4v) is 4.57. The van der Waals surface area contributed by atoms with E-state index in [2.05, 4.69) is 10.1 Å². The monoisotopic (exact) mass is 570 g/mol. The van der Waals surface area contributed by atoms with Crippen molar-refractivity contribution in [1.82, 2.24) is 4.90 Å². The van der Waals surface area contributed by atoms with Gasteiger partial charge in [-0.25, -0.2) is 4.79 Å². The third-order valence-corrected chi connectivity index (χ3v) is 6.82. The Morgan fingerprint density at radius 2 is 1.71 bits per heavy atom. The number of esters is 1. The van der Waals surface area contributed by atoms with Crippen LogP contribution in [-0.2, 0) is 20.9 Å². The number of ether oxygens (including phenoxy) is 2. The summed E-state index contributed by atoms with van der Waals surface area (Å²) < 4.78 is 10.4. The van der Waals surface area contributed by atoms with Gasteiger partial charge in [0.15, 0.2) is 0 Å². The predicted molar refractivity (Wildman–Crippen MR) is 146 cm³/mol. The summed E-state index contributed by atoms with van der Waals surface area (Å²) >= 11 is 12.6. The Morgan fingerprint density at radius 1 is 1.00 bits per heavy atom. The molecule has 1 aliphatic rings. The molecule has 0 spiro atoms. The van der Waals surface area contributed by atoms with Gasteiger partial charge in [0.25, 0.3) is 11.1 Å². The van der Waals surface area contributed by atoms with Crippen molar-refractivity contribution >= 4 is 69.8 Å². The molecule has 0 atom stereocenters. The van der Waals surface area contributed by atoms with Crippen LogP contribution in [-0.4, -0.2) is 41.6 Å². The highest BCUT2D eigenvalue weighted by Gasteiger charge is 2.36. The molecule has 0 bridgehead atoms. The quantitative estimate of drug-likeness (QED) is 0.260. The Balaban J connectivity index is 1.36. The Bertz CT molecular complexity index is 1420. The van der Waals surface area contributed by atoms with E-state index in [9.17, 15) is 19.2 Å². The first-order valence-electron chi connectivity index (χ1n) is 11.1. The van der Waals surface area contributed by atoms with Crippen LogP contribution in [0.25, 0.3) is 6.08 Å². The summed E-state index contributed by atoms with van der Waals surface area (Å²) in [5.74, 6) is -1.22.